The molecule has 0 saturated carbocycles. The summed E-state index contributed by atoms with van der Waals surface area (Å²) in [6.45, 7) is 4.71. The third kappa shape index (κ3) is 1.27. The van der Waals surface area contributed by atoms with Gasteiger partial charge in [0, 0.05) is 18.3 Å². The van der Waals surface area contributed by atoms with Gasteiger partial charge in [0.15, 0.2) is 0 Å². The average molecular weight is 211 g/mol. The molecule has 0 radical (unpaired) electrons. The summed E-state index contributed by atoms with van der Waals surface area (Å²) in [6.07, 6.45) is 6.35. The molecule has 16 heavy (non-hydrogen) atoms. The van der Waals surface area contributed by atoms with Crippen LogP contribution in [0.5, 0.6) is 0 Å². The summed E-state index contributed by atoms with van der Waals surface area (Å²) in [5.41, 5.74) is 2.99. The first-order valence-corrected chi connectivity index (χ1v) is 6.08. The molecule has 0 fully saturated rings. The van der Waals surface area contributed by atoms with Crippen molar-refractivity contribution in [2.75, 3.05) is 0 Å². The van der Waals surface area contributed by atoms with Gasteiger partial charge in [-0.15, -0.1) is 0 Å². The zero-order valence-electron chi connectivity index (χ0n) is 9.80. The molecule has 0 N–H and O–H groups in total. The van der Waals surface area contributed by atoms with Gasteiger partial charge in [-0.25, -0.2) is 0 Å². The van der Waals surface area contributed by atoms with E-state index in [1.165, 1.54) is 11.1 Å². The van der Waals surface area contributed by atoms with Crippen molar-refractivity contribution < 1.29 is 0 Å². The molecular formula is C15H17N. The van der Waals surface area contributed by atoms with Crippen LogP contribution in [0.25, 0.3) is 0 Å². The van der Waals surface area contributed by atoms with Crippen molar-refractivity contribution in [3.8, 4) is 0 Å². The van der Waals surface area contributed by atoms with Gasteiger partial charge in [-0.05, 0) is 28.9 Å². The van der Waals surface area contributed by atoms with E-state index in [2.05, 4.69) is 55.4 Å². The summed E-state index contributed by atoms with van der Waals surface area (Å²) in [6, 6.07) is 8.84. The van der Waals surface area contributed by atoms with Crippen molar-refractivity contribution in [3.05, 3.63) is 47.7 Å². The highest BCUT2D eigenvalue weighted by molar-refractivity contribution is 5.72. The van der Waals surface area contributed by atoms with E-state index in [9.17, 15) is 0 Å². The molecule has 82 valence electrons. The molecule has 4 atom stereocenters. The van der Waals surface area contributed by atoms with Crippen LogP contribution in [0.15, 0.2) is 41.5 Å². The predicted octanol–water partition coefficient (Wildman–Crippen LogP) is 3.74. The monoisotopic (exact) mass is 211 g/mol. The van der Waals surface area contributed by atoms with Crippen LogP contribution in [0.4, 0.5) is 0 Å². The minimum absolute atomic E-state index is 0.493. The summed E-state index contributed by atoms with van der Waals surface area (Å²) >= 11 is 0. The molecule has 1 aliphatic carbocycles. The maximum absolute atomic E-state index is 4.31. The third-order valence-electron chi connectivity index (χ3n) is 4.30. The largest absolute Gasteiger partial charge is 0.269 e. The molecule has 1 nitrogen and oxygen atoms in total. The third-order valence-corrected chi connectivity index (χ3v) is 4.30. The normalized spacial score (nSPS) is 35.6. The van der Waals surface area contributed by atoms with Crippen LogP contribution >= 0.6 is 0 Å². The molecule has 1 aromatic rings. The number of hydrogen-bond acceptors (Lipinski definition) is 1. The zero-order chi connectivity index (χ0) is 11.1. The van der Waals surface area contributed by atoms with Gasteiger partial charge < -0.3 is 0 Å². The second kappa shape index (κ2) is 3.58. The van der Waals surface area contributed by atoms with Crippen LogP contribution in [0.1, 0.15) is 36.8 Å². The van der Waals surface area contributed by atoms with Crippen molar-refractivity contribution in [3.63, 3.8) is 0 Å². The number of fused-ring (bicyclic) bond motifs is 3. The summed E-state index contributed by atoms with van der Waals surface area (Å²) < 4.78 is 0. The maximum Gasteiger partial charge on any atom is 0.0262 e. The molecule has 0 saturated heterocycles. The summed E-state index contributed by atoms with van der Waals surface area (Å²) in [7, 11) is 0. The minimum Gasteiger partial charge on any atom is -0.269 e. The number of aliphatic imine (C=N–C) groups is 1. The smallest absolute Gasteiger partial charge is 0.0262 e. The first-order valence-electron chi connectivity index (χ1n) is 6.08. The number of hydrogen-bond donors (Lipinski definition) is 0. The molecule has 3 rings (SSSR count). The summed E-state index contributed by atoms with van der Waals surface area (Å²) in [5.74, 6) is 2.46. The van der Waals surface area contributed by atoms with E-state index >= 15 is 0 Å². The average Bonchev–Trinajstić information content (AvgIpc) is 2.36. The molecule has 0 amide bonds. The van der Waals surface area contributed by atoms with Crippen LogP contribution in [-0.2, 0) is 0 Å². The number of allylic oxidation sites excluding steroid dienone is 1. The van der Waals surface area contributed by atoms with E-state index in [-0.39, 0.29) is 0 Å². The Labute approximate surface area is 96.9 Å². The number of benzene rings is 1. The Balaban J connectivity index is 2.16. The first kappa shape index (κ1) is 9.83. The van der Waals surface area contributed by atoms with Crippen molar-refractivity contribution in [2.45, 2.75) is 25.7 Å². The zero-order valence-corrected chi connectivity index (χ0v) is 9.80. The lowest BCUT2D eigenvalue weighted by atomic mass is 9.65. The predicted molar refractivity (Wildman–Crippen MR) is 67.9 cm³/mol. The van der Waals surface area contributed by atoms with Crippen molar-refractivity contribution in [2.24, 2.45) is 16.8 Å². The van der Waals surface area contributed by atoms with Crippen LogP contribution in [0.2, 0.25) is 0 Å². The van der Waals surface area contributed by atoms with Crippen LogP contribution < -0.4 is 0 Å². The number of rotatable bonds is 0. The van der Waals surface area contributed by atoms with Crippen LogP contribution in [0, 0.1) is 11.8 Å². The Morgan fingerprint density at radius 1 is 1.06 bits per heavy atom. The van der Waals surface area contributed by atoms with Crippen LogP contribution in [0.3, 0.4) is 0 Å². The fourth-order valence-corrected chi connectivity index (χ4v) is 3.15. The number of nitrogens with zero attached hydrogens (tertiary/aromatic N) is 1. The Morgan fingerprint density at radius 2 is 1.81 bits per heavy atom. The van der Waals surface area contributed by atoms with Gasteiger partial charge >= 0.3 is 0 Å². The van der Waals surface area contributed by atoms with Gasteiger partial charge in [0.05, 0.1) is 0 Å². The minimum atomic E-state index is 0.493. The van der Waals surface area contributed by atoms with Gasteiger partial charge in [-0.3, -0.25) is 4.99 Å². The molecule has 1 aliphatic heterocycles. The fourth-order valence-electron chi connectivity index (χ4n) is 3.15. The molecular weight excluding hydrogens is 194 g/mol. The standard InChI is InChI=1S/C15H17N/c1-10-11(2)13-7-8-16-9-15(13)14-6-4-3-5-12(10)14/h3-11,13,15H,1-2H3. The Hall–Kier alpha value is -1.37. The topological polar surface area (TPSA) is 12.4 Å². The Kier molecular flexibility index (Phi) is 2.20. The van der Waals surface area contributed by atoms with Gasteiger partial charge in [0.1, 0.15) is 0 Å². The summed E-state index contributed by atoms with van der Waals surface area (Å²) in [4.78, 5) is 4.31. The van der Waals surface area contributed by atoms with E-state index < -0.39 is 0 Å². The second-order valence-corrected chi connectivity index (χ2v) is 5.02. The second-order valence-electron chi connectivity index (χ2n) is 5.02. The lowest BCUT2D eigenvalue weighted by molar-refractivity contribution is 0.329. The van der Waals surface area contributed by atoms with E-state index in [1.54, 1.807) is 0 Å². The molecule has 1 aromatic carbocycles. The Morgan fingerprint density at radius 3 is 2.62 bits per heavy atom. The van der Waals surface area contributed by atoms with Crippen molar-refractivity contribution in [1.82, 2.24) is 0 Å². The van der Waals surface area contributed by atoms with E-state index in [0.717, 1.165) is 0 Å². The molecule has 1 heteroatoms. The van der Waals surface area contributed by atoms with E-state index in [0.29, 0.717) is 23.7 Å². The van der Waals surface area contributed by atoms with E-state index in [1.807, 2.05) is 6.20 Å². The molecule has 2 aliphatic rings. The highest BCUT2D eigenvalue weighted by Crippen LogP contribution is 2.46. The molecule has 0 aromatic heterocycles. The van der Waals surface area contributed by atoms with Gasteiger partial charge in [-0.1, -0.05) is 44.2 Å². The quantitative estimate of drug-likeness (QED) is 0.620. The van der Waals surface area contributed by atoms with Crippen molar-refractivity contribution >= 4 is 6.21 Å². The maximum atomic E-state index is 4.31. The van der Waals surface area contributed by atoms with Crippen LogP contribution in [-0.4, -0.2) is 6.21 Å². The molecule has 1 heterocycles. The first-order chi connectivity index (χ1) is 7.79. The Bertz CT molecular complexity index is 458. The van der Waals surface area contributed by atoms with Gasteiger partial charge in [0.2, 0.25) is 0 Å². The lowest BCUT2D eigenvalue weighted by Gasteiger charge is -2.40. The van der Waals surface area contributed by atoms with Crippen molar-refractivity contribution in [1.29, 1.82) is 0 Å². The van der Waals surface area contributed by atoms with Gasteiger partial charge in [-0.2, -0.15) is 0 Å². The fraction of sp³-hybridized carbons (Fsp3) is 0.400. The highest BCUT2D eigenvalue weighted by Gasteiger charge is 2.36. The van der Waals surface area contributed by atoms with Gasteiger partial charge in [0.25, 0.3) is 0 Å². The highest BCUT2D eigenvalue weighted by atomic mass is 14.7. The molecule has 0 bridgehead atoms. The summed E-state index contributed by atoms with van der Waals surface area (Å²) in [5, 5.41) is 0. The van der Waals surface area contributed by atoms with E-state index in [4.69, 9.17) is 0 Å². The lowest BCUT2D eigenvalue weighted by Crippen LogP contribution is -2.31. The molecule has 0 spiro atoms. The SMILES string of the molecule is CC1c2ccccc2C2C=NC=CC2C1C. The molecule has 4 unspecified atom stereocenters.